The second-order valence-electron chi connectivity index (χ2n) is 6.88. The second-order valence-corrected chi connectivity index (χ2v) is 6.88. The van der Waals surface area contributed by atoms with Crippen molar-refractivity contribution in [2.24, 2.45) is 0 Å². The molecule has 0 atom stereocenters. The number of rotatable bonds is 8. The fourth-order valence-corrected chi connectivity index (χ4v) is 3.39. The summed E-state index contributed by atoms with van der Waals surface area (Å²) in [7, 11) is 2.21. The molecule has 0 saturated carbocycles. The molecule has 0 saturated heterocycles. The molecule has 182 valence electrons. The summed E-state index contributed by atoms with van der Waals surface area (Å²) in [6, 6.07) is 10.8. The number of ether oxygens (including phenoxy) is 4. The van der Waals surface area contributed by atoms with Gasteiger partial charge in [-0.3, -0.25) is 14.9 Å². The van der Waals surface area contributed by atoms with E-state index in [0.717, 1.165) is 25.8 Å². The molecular weight excluding hydrogens is 462 g/mol. The van der Waals surface area contributed by atoms with Gasteiger partial charge in [0.2, 0.25) is 5.75 Å². The number of nitro benzene ring substituents is 1. The molecule has 12 nitrogen and oxygen atoms in total. The van der Waals surface area contributed by atoms with Gasteiger partial charge in [-0.15, -0.1) is 0 Å². The van der Waals surface area contributed by atoms with Crippen molar-refractivity contribution >= 4 is 23.6 Å². The maximum atomic E-state index is 12.8. The van der Waals surface area contributed by atoms with Crippen LogP contribution in [-0.2, 0) is 14.3 Å². The first-order chi connectivity index (χ1) is 16.7. The summed E-state index contributed by atoms with van der Waals surface area (Å²) in [6.07, 6.45) is 0. The van der Waals surface area contributed by atoms with E-state index in [0.29, 0.717) is 5.69 Å². The molecule has 0 bridgehead atoms. The zero-order valence-electron chi connectivity index (χ0n) is 19.3. The third-order valence-electron chi connectivity index (χ3n) is 4.73. The number of carbonyl (C=O) groups excluding carboxylic acids is 3. The van der Waals surface area contributed by atoms with Gasteiger partial charge in [0.15, 0.2) is 11.4 Å². The van der Waals surface area contributed by atoms with Gasteiger partial charge in [-0.25, -0.2) is 14.3 Å². The topological polar surface area (TPSA) is 149 Å². The van der Waals surface area contributed by atoms with Gasteiger partial charge in [0, 0.05) is 6.92 Å². The van der Waals surface area contributed by atoms with Crippen LogP contribution in [0.25, 0.3) is 16.9 Å². The lowest BCUT2D eigenvalue weighted by Crippen LogP contribution is -2.15. The van der Waals surface area contributed by atoms with Gasteiger partial charge in [-0.2, -0.15) is 5.10 Å². The molecule has 0 amide bonds. The van der Waals surface area contributed by atoms with Crippen molar-refractivity contribution in [2.75, 3.05) is 20.8 Å². The fourth-order valence-electron chi connectivity index (χ4n) is 3.39. The quantitative estimate of drug-likeness (QED) is 0.202. The second kappa shape index (κ2) is 10.5. The lowest BCUT2D eigenvalue weighted by Gasteiger charge is -2.12. The first kappa shape index (κ1) is 24.9. The first-order valence-electron chi connectivity index (χ1n) is 10.2. The number of hydrogen-bond donors (Lipinski definition) is 0. The monoisotopic (exact) mass is 483 g/mol. The van der Waals surface area contributed by atoms with Gasteiger partial charge in [-0.05, 0) is 31.2 Å². The highest BCUT2D eigenvalue weighted by Gasteiger charge is 2.36. The van der Waals surface area contributed by atoms with Crippen LogP contribution in [0, 0.1) is 10.1 Å². The Morgan fingerprint density at radius 2 is 1.69 bits per heavy atom. The smallest absolute Gasteiger partial charge is 0.357 e. The molecule has 3 rings (SSSR count). The summed E-state index contributed by atoms with van der Waals surface area (Å²) in [4.78, 5) is 48.5. The number of nitrogens with zero attached hydrogens (tertiary/aromatic N) is 3. The average Bonchev–Trinajstić information content (AvgIpc) is 3.24. The number of hydrogen-bond acceptors (Lipinski definition) is 10. The largest absolute Gasteiger partial charge is 0.485 e. The SMILES string of the molecule is CCOc1c(OC(C)=O)ccc(-c2nn(-c3ccccc3)c(C(=O)OC)c2C(=O)OC)c1[N+](=O)[O-]. The summed E-state index contributed by atoms with van der Waals surface area (Å²) in [6.45, 7) is 2.73. The number of nitro groups is 1. The third-order valence-corrected chi connectivity index (χ3v) is 4.73. The van der Waals surface area contributed by atoms with E-state index in [1.807, 2.05) is 0 Å². The molecule has 0 aliphatic rings. The number of para-hydroxylation sites is 1. The predicted molar refractivity (Wildman–Crippen MR) is 121 cm³/mol. The Labute approximate surface area is 199 Å². The lowest BCUT2D eigenvalue weighted by atomic mass is 10.0. The molecule has 0 unspecified atom stereocenters. The molecule has 3 aromatic rings. The zero-order chi connectivity index (χ0) is 25.7. The van der Waals surface area contributed by atoms with Gasteiger partial charge in [-0.1, -0.05) is 18.2 Å². The lowest BCUT2D eigenvalue weighted by molar-refractivity contribution is -0.385. The normalized spacial score (nSPS) is 10.4. The highest BCUT2D eigenvalue weighted by Crippen LogP contribution is 2.45. The van der Waals surface area contributed by atoms with Gasteiger partial charge >= 0.3 is 23.6 Å². The zero-order valence-corrected chi connectivity index (χ0v) is 19.3. The molecular formula is C23H21N3O9. The third kappa shape index (κ3) is 4.81. The minimum absolute atomic E-state index is 0.00822. The minimum Gasteiger partial charge on any atom is -0.485 e. The van der Waals surface area contributed by atoms with E-state index in [4.69, 9.17) is 18.9 Å². The van der Waals surface area contributed by atoms with Crippen LogP contribution >= 0.6 is 0 Å². The van der Waals surface area contributed by atoms with Crippen LogP contribution in [0.3, 0.4) is 0 Å². The summed E-state index contributed by atoms with van der Waals surface area (Å²) < 4.78 is 21.4. The molecule has 1 aromatic heterocycles. The van der Waals surface area contributed by atoms with E-state index in [9.17, 15) is 24.5 Å². The summed E-state index contributed by atoms with van der Waals surface area (Å²) in [5, 5.41) is 16.5. The highest BCUT2D eigenvalue weighted by molar-refractivity contribution is 6.07. The van der Waals surface area contributed by atoms with Gasteiger partial charge < -0.3 is 18.9 Å². The standard InChI is InChI=1S/C23H21N3O9/c1-5-34-21-16(35-13(2)27)12-11-15(19(21)26(30)31)18-17(22(28)32-3)20(23(29)33-4)25(24-18)14-9-7-6-8-10-14/h6-12H,5H2,1-4H3. The summed E-state index contributed by atoms with van der Waals surface area (Å²) in [5.74, 6) is -3.14. The Morgan fingerprint density at radius 3 is 2.23 bits per heavy atom. The van der Waals surface area contributed by atoms with Crippen molar-refractivity contribution in [3.05, 3.63) is 63.8 Å². The Bertz CT molecular complexity index is 1300. The van der Waals surface area contributed by atoms with Crippen LogP contribution in [-0.4, -0.2) is 53.4 Å². The molecule has 35 heavy (non-hydrogen) atoms. The molecule has 0 spiro atoms. The summed E-state index contributed by atoms with van der Waals surface area (Å²) >= 11 is 0. The van der Waals surface area contributed by atoms with Crippen LogP contribution < -0.4 is 9.47 Å². The molecule has 0 radical (unpaired) electrons. The van der Waals surface area contributed by atoms with E-state index < -0.39 is 28.5 Å². The number of methoxy groups -OCH3 is 2. The van der Waals surface area contributed by atoms with E-state index in [1.165, 1.54) is 12.1 Å². The average molecular weight is 483 g/mol. The Balaban J connectivity index is 2.46. The first-order valence-corrected chi connectivity index (χ1v) is 10.2. The molecule has 0 N–H and O–H groups in total. The molecule has 2 aromatic carbocycles. The Hall–Kier alpha value is -4.74. The van der Waals surface area contributed by atoms with Crippen LogP contribution in [0.15, 0.2) is 42.5 Å². The van der Waals surface area contributed by atoms with Crippen molar-refractivity contribution < 1.29 is 38.3 Å². The van der Waals surface area contributed by atoms with Crippen molar-refractivity contribution in [3.8, 4) is 28.4 Å². The van der Waals surface area contributed by atoms with E-state index in [2.05, 4.69) is 5.10 Å². The Kier molecular flexibility index (Phi) is 7.44. The van der Waals surface area contributed by atoms with E-state index >= 15 is 0 Å². The molecule has 0 aliphatic heterocycles. The van der Waals surface area contributed by atoms with Crippen LogP contribution in [0.1, 0.15) is 34.7 Å². The Morgan fingerprint density at radius 1 is 1.03 bits per heavy atom. The van der Waals surface area contributed by atoms with E-state index in [-0.39, 0.29) is 40.6 Å². The predicted octanol–water partition coefficient (Wildman–Crippen LogP) is 3.34. The molecule has 12 heteroatoms. The number of aromatic nitrogens is 2. The minimum atomic E-state index is -0.973. The van der Waals surface area contributed by atoms with Crippen LogP contribution in [0.2, 0.25) is 0 Å². The van der Waals surface area contributed by atoms with Gasteiger partial charge in [0.1, 0.15) is 11.3 Å². The number of benzene rings is 2. The highest BCUT2D eigenvalue weighted by atomic mass is 16.6. The molecule has 1 heterocycles. The number of carbonyl (C=O) groups is 3. The fraction of sp³-hybridized carbons (Fsp3) is 0.217. The van der Waals surface area contributed by atoms with Crippen molar-refractivity contribution in [1.29, 1.82) is 0 Å². The van der Waals surface area contributed by atoms with Crippen molar-refractivity contribution in [1.82, 2.24) is 9.78 Å². The van der Waals surface area contributed by atoms with Crippen LogP contribution in [0.5, 0.6) is 11.5 Å². The van der Waals surface area contributed by atoms with Crippen molar-refractivity contribution in [3.63, 3.8) is 0 Å². The number of esters is 3. The van der Waals surface area contributed by atoms with Crippen molar-refractivity contribution in [2.45, 2.75) is 13.8 Å². The van der Waals surface area contributed by atoms with Gasteiger partial charge in [0.05, 0.1) is 37.0 Å². The maximum Gasteiger partial charge on any atom is 0.357 e. The van der Waals surface area contributed by atoms with Crippen LogP contribution in [0.4, 0.5) is 5.69 Å². The summed E-state index contributed by atoms with van der Waals surface area (Å²) in [5.41, 5.74) is -1.29. The van der Waals surface area contributed by atoms with E-state index in [1.54, 1.807) is 37.3 Å². The van der Waals surface area contributed by atoms with Gasteiger partial charge in [0.25, 0.3) is 0 Å². The maximum absolute atomic E-state index is 12.8. The molecule has 0 fully saturated rings. The molecule has 0 aliphatic carbocycles.